The lowest BCUT2D eigenvalue weighted by molar-refractivity contribution is 0.404. The number of benzene rings is 3. The SMILES string of the molecule is Cc1ccc(C2=N[C@H](c3ccc(Cl)cc3)N3[C@H]2[C@@H]3c2ccccc2)cc1. The zero-order valence-corrected chi connectivity index (χ0v) is 15.3. The molecule has 0 aromatic heterocycles. The van der Waals surface area contributed by atoms with Crippen molar-refractivity contribution in [3.63, 3.8) is 0 Å². The zero-order valence-electron chi connectivity index (χ0n) is 14.5. The van der Waals surface area contributed by atoms with Crippen LogP contribution in [0.25, 0.3) is 0 Å². The largest absolute Gasteiger partial charge is 0.263 e. The lowest BCUT2D eigenvalue weighted by Gasteiger charge is -2.14. The van der Waals surface area contributed by atoms with Gasteiger partial charge in [0.2, 0.25) is 0 Å². The quantitative estimate of drug-likeness (QED) is 0.558. The number of rotatable bonds is 3. The standard InChI is InChI=1S/C23H19ClN2/c1-15-7-9-16(10-8-15)20-22-21(17-5-3-2-4-6-17)26(22)23(25-20)18-11-13-19(24)14-12-18/h2-14,21-23H,1H3/t21-,22+,23-,26?/m0/s1. The second-order valence-corrected chi connectivity index (χ2v) is 7.49. The summed E-state index contributed by atoms with van der Waals surface area (Å²) >= 11 is 6.08. The predicted octanol–water partition coefficient (Wildman–Crippen LogP) is 5.58. The first-order chi connectivity index (χ1) is 12.7. The normalized spacial score (nSPS) is 26.3. The van der Waals surface area contributed by atoms with Crippen molar-refractivity contribution in [3.05, 3.63) is 106 Å². The molecular weight excluding hydrogens is 340 g/mol. The molecule has 0 N–H and O–H groups in total. The highest BCUT2D eigenvalue weighted by Crippen LogP contribution is 2.55. The topological polar surface area (TPSA) is 15.4 Å². The molecular formula is C23H19ClN2. The van der Waals surface area contributed by atoms with Crippen molar-refractivity contribution < 1.29 is 0 Å². The first-order valence-corrected chi connectivity index (χ1v) is 9.33. The number of nitrogens with zero attached hydrogens (tertiary/aromatic N) is 2. The Morgan fingerprint density at radius 2 is 1.46 bits per heavy atom. The summed E-state index contributed by atoms with van der Waals surface area (Å²) in [5.74, 6) is 0. The van der Waals surface area contributed by atoms with Gasteiger partial charge >= 0.3 is 0 Å². The maximum atomic E-state index is 6.08. The molecule has 5 rings (SSSR count). The molecule has 2 heterocycles. The molecule has 0 radical (unpaired) electrons. The molecule has 0 saturated carbocycles. The number of hydrogen-bond donors (Lipinski definition) is 0. The minimum absolute atomic E-state index is 0.0544. The van der Waals surface area contributed by atoms with E-state index < -0.39 is 0 Å². The minimum atomic E-state index is 0.0544. The highest BCUT2D eigenvalue weighted by molar-refractivity contribution is 6.30. The average molecular weight is 359 g/mol. The Labute approximate surface area is 158 Å². The first kappa shape index (κ1) is 15.8. The summed E-state index contributed by atoms with van der Waals surface area (Å²) in [6, 6.07) is 28.3. The van der Waals surface area contributed by atoms with Gasteiger partial charge in [-0.05, 0) is 35.7 Å². The molecule has 26 heavy (non-hydrogen) atoms. The first-order valence-electron chi connectivity index (χ1n) is 8.95. The van der Waals surface area contributed by atoms with Crippen LogP contribution in [0.15, 0.2) is 83.9 Å². The van der Waals surface area contributed by atoms with Gasteiger partial charge in [0.15, 0.2) is 0 Å². The summed E-state index contributed by atoms with van der Waals surface area (Å²) in [4.78, 5) is 7.59. The van der Waals surface area contributed by atoms with E-state index in [2.05, 4.69) is 78.6 Å². The van der Waals surface area contributed by atoms with E-state index in [1.54, 1.807) is 0 Å². The van der Waals surface area contributed by atoms with E-state index in [4.69, 9.17) is 16.6 Å². The summed E-state index contributed by atoms with van der Waals surface area (Å²) in [5.41, 5.74) is 6.24. The minimum Gasteiger partial charge on any atom is -0.263 e. The van der Waals surface area contributed by atoms with Crippen LogP contribution in [0.2, 0.25) is 5.02 Å². The fourth-order valence-corrected chi connectivity index (χ4v) is 4.10. The third kappa shape index (κ3) is 2.57. The molecule has 0 aliphatic carbocycles. The zero-order chi connectivity index (χ0) is 17.7. The Balaban J connectivity index is 1.56. The molecule has 0 spiro atoms. The fraction of sp³-hybridized carbons (Fsp3) is 0.174. The van der Waals surface area contributed by atoms with Gasteiger partial charge in [-0.3, -0.25) is 9.89 Å². The summed E-state index contributed by atoms with van der Waals surface area (Å²) < 4.78 is 0. The molecule has 1 unspecified atom stereocenters. The van der Waals surface area contributed by atoms with Gasteiger partial charge in [-0.2, -0.15) is 0 Å². The van der Waals surface area contributed by atoms with Gasteiger partial charge in [0.25, 0.3) is 0 Å². The molecule has 3 aromatic rings. The molecule has 2 aliphatic rings. The maximum absolute atomic E-state index is 6.08. The van der Waals surface area contributed by atoms with Gasteiger partial charge in [-0.15, -0.1) is 0 Å². The smallest absolute Gasteiger partial charge is 0.129 e. The molecule has 1 fully saturated rings. The highest BCUT2D eigenvalue weighted by atomic mass is 35.5. The molecule has 0 bridgehead atoms. The Morgan fingerprint density at radius 3 is 2.15 bits per heavy atom. The van der Waals surface area contributed by atoms with Crippen molar-refractivity contribution in [2.45, 2.75) is 25.2 Å². The fourth-order valence-electron chi connectivity index (χ4n) is 3.97. The third-order valence-corrected chi connectivity index (χ3v) is 5.58. The van der Waals surface area contributed by atoms with Crippen molar-refractivity contribution >= 4 is 17.3 Å². The third-order valence-electron chi connectivity index (χ3n) is 5.33. The van der Waals surface area contributed by atoms with E-state index in [1.807, 2.05) is 12.1 Å². The van der Waals surface area contributed by atoms with Crippen LogP contribution >= 0.6 is 11.6 Å². The molecule has 1 saturated heterocycles. The average Bonchev–Trinajstić information content (AvgIpc) is 3.29. The Morgan fingerprint density at radius 1 is 0.769 bits per heavy atom. The second-order valence-electron chi connectivity index (χ2n) is 7.05. The molecule has 2 aliphatic heterocycles. The maximum Gasteiger partial charge on any atom is 0.129 e. The van der Waals surface area contributed by atoms with Gasteiger partial charge in [0.05, 0.1) is 17.8 Å². The van der Waals surface area contributed by atoms with E-state index in [9.17, 15) is 0 Å². The van der Waals surface area contributed by atoms with E-state index in [0.29, 0.717) is 12.1 Å². The van der Waals surface area contributed by atoms with Crippen LogP contribution < -0.4 is 0 Å². The molecule has 3 aromatic carbocycles. The van der Waals surface area contributed by atoms with Gasteiger partial charge < -0.3 is 0 Å². The van der Waals surface area contributed by atoms with Crippen molar-refractivity contribution in [2.75, 3.05) is 0 Å². The van der Waals surface area contributed by atoms with E-state index >= 15 is 0 Å². The summed E-state index contributed by atoms with van der Waals surface area (Å²) in [6.07, 6.45) is 0.0544. The lowest BCUT2D eigenvalue weighted by Crippen LogP contribution is -2.08. The Hall–Kier alpha value is -2.42. The predicted molar refractivity (Wildman–Crippen MR) is 107 cm³/mol. The van der Waals surface area contributed by atoms with E-state index in [1.165, 1.54) is 28.0 Å². The molecule has 0 amide bonds. The molecule has 3 heteroatoms. The van der Waals surface area contributed by atoms with Crippen LogP contribution in [-0.2, 0) is 0 Å². The van der Waals surface area contributed by atoms with Crippen molar-refractivity contribution in [1.82, 2.24) is 4.90 Å². The van der Waals surface area contributed by atoms with Crippen molar-refractivity contribution in [2.24, 2.45) is 4.99 Å². The molecule has 4 atom stereocenters. The van der Waals surface area contributed by atoms with E-state index in [0.717, 1.165) is 5.02 Å². The van der Waals surface area contributed by atoms with Gasteiger partial charge in [0.1, 0.15) is 6.17 Å². The second kappa shape index (κ2) is 6.08. The van der Waals surface area contributed by atoms with Crippen molar-refractivity contribution in [3.8, 4) is 0 Å². The van der Waals surface area contributed by atoms with Gasteiger partial charge in [0, 0.05) is 5.02 Å². The lowest BCUT2D eigenvalue weighted by atomic mass is 10.0. The van der Waals surface area contributed by atoms with Crippen LogP contribution in [0.4, 0.5) is 0 Å². The van der Waals surface area contributed by atoms with Crippen LogP contribution in [0.1, 0.15) is 34.5 Å². The van der Waals surface area contributed by atoms with Crippen LogP contribution in [-0.4, -0.2) is 16.7 Å². The van der Waals surface area contributed by atoms with Crippen LogP contribution in [0, 0.1) is 6.92 Å². The summed E-state index contributed by atoms with van der Waals surface area (Å²) in [7, 11) is 0. The van der Waals surface area contributed by atoms with Crippen LogP contribution in [0.5, 0.6) is 0 Å². The van der Waals surface area contributed by atoms with Crippen LogP contribution in [0.3, 0.4) is 0 Å². The highest BCUT2D eigenvalue weighted by Gasteiger charge is 2.59. The monoisotopic (exact) mass is 358 g/mol. The number of aliphatic imine (C=N–C) groups is 1. The van der Waals surface area contributed by atoms with Gasteiger partial charge in [-0.25, -0.2) is 0 Å². The number of hydrogen-bond acceptors (Lipinski definition) is 2. The molecule has 128 valence electrons. The summed E-state index contributed by atoms with van der Waals surface area (Å²) in [6.45, 7) is 2.12. The summed E-state index contributed by atoms with van der Waals surface area (Å²) in [5, 5.41) is 0.761. The Bertz CT molecular complexity index is 961. The Kier molecular flexibility index (Phi) is 3.70. The number of fused-ring (bicyclic) bond motifs is 1. The number of halogens is 1. The van der Waals surface area contributed by atoms with Crippen molar-refractivity contribution in [1.29, 1.82) is 0 Å². The number of aryl methyl sites for hydroxylation is 1. The van der Waals surface area contributed by atoms with Gasteiger partial charge in [-0.1, -0.05) is 83.9 Å². The molecule has 2 nitrogen and oxygen atoms in total. The van der Waals surface area contributed by atoms with E-state index in [-0.39, 0.29) is 6.17 Å².